The van der Waals surface area contributed by atoms with Crippen molar-refractivity contribution in [1.82, 2.24) is 19.7 Å². The van der Waals surface area contributed by atoms with Gasteiger partial charge in [-0.2, -0.15) is 0 Å². The highest BCUT2D eigenvalue weighted by Crippen LogP contribution is 2.27. The highest BCUT2D eigenvalue weighted by molar-refractivity contribution is 5.85. The number of nitrogens with one attached hydrogen (secondary N) is 1. The zero-order chi connectivity index (χ0) is 21.3. The van der Waals surface area contributed by atoms with Crippen LogP contribution in [0.4, 0.5) is 0 Å². The lowest BCUT2D eigenvalue weighted by molar-refractivity contribution is -0.000331. The van der Waals surface area contributed by atoms with E-state index in [0.29, 0.717) is 18.1 Å². The number of hydrogen-bond acceptors (Lipinski definition) is 4. The zero-order valence-electron chi connectivity index (χ0n) is 19.3. The van der Waals surface area contributed by atoms with Crippen LogP contribution < -0.4 is 0 Å². The first-order chi connectivity index (χ1) is 14.5. The summed E-state index contributed by atoms with van der Waals surface area (Å²) in [6.07, 6.45) is 3.41. The van der Waals surface area contributed by atoms with Crippen molar-refractivity contribution in [2.45, 2.75) is 71.6 Å². The van der Waals surface area contributed by atoms with Gasteiger partial charge >= 0.3 is 0 Å². The summed E-state index contributed by atoms with van der Waals surface area (Å²) in [5, 5.41) is 11.1. The van der Waals surface area contributed by atoms with Crippen molar-refractivity contribution in [3.05, 3.63) is 35.0 Å². The van der Waals surface area contributed by atoms with Crippen molar-refractivity contribution in [1.29, 1.82) is 0 Å². The third kappa shape index (κ3) is 4.59. The minimum Gasteiger partial charge on any atom is -0.396 e. The molecule has 0 spiro atoms. The van der Waals surface area contributed by atoms with Crippen molar-refractivity contribution < 1.29 is 5.11 Å². The summed E-state index contributed by atoms with van der Waals surface area (Å²) in [6, 6.07) is 8.47. The number of H-pyrrole nitrogens is 1. The van der Waals surface area contributed by atoms with Crippen LogP contribution in [0.2, 0.25) is 0 Å². The molecule has 0 radical (unpaired) electrons. The SMILES string of the molecule is Cc1ccc2[nH]c(CN3CCN(C4CCN(C(C)C)CC4)[C@@H](CCO)C3)c(C)c2c1. The van der Waals surface area contributed by atoms with Gasteiger partial charge in [-0.25, -0.2) is 0 Å². The van der Waals surface area contributed by atoms with Gasteiger partial charge in [0.2, 0.25) is 0 Å². The number of nitrogens with zero attached hydrogens (tertiary/aromatic N) is 3. The third-order valence-corrected chi connectivity index (χ3v) is 7.47. The molecule has 2 N–H and O–H groups in total. The maximum atomic E-state index is 9.73. The van der Waals surface area contributed by atoms with Crippen molar-refractivity contribution in [2.75, 3.05) is 39.3 Å². The Bertz CT molecular complexity index is 837. The number of piperidine rings is 1. The number of aryl methyl sites for hydroxylation is 2. The van der Waals surface area contributed by atoms with E-state index >= 15 is 0 Å². The smallest absolute Gasteiger partial charge is 0.0459 e. The normalized spacial score (nSPS) is 23.1. The molecule has 0 unspecified atom stereocenters. The monoisotopic (exact) mass is 412 g/mol. The number of hydrogen-bond donors (Lipinski definition) is 2. The highest BCUT2D eigenvalue weighted by atomic mass is 16.3. The summed E-state index contributed by atoms with van der Waals surface area (Å²) in [5.41, 5.74) is 5.29. The maximum Gasteiger partial charge on any atom is 0.0459 e. The second-order valence-electron chi connectivity index (χ2n) is 9.78. The lowest BCUT2D eigenvalue weighted by Gasteiger charge is -2.48. The number of benzene rings is 1. The van der Waals surface area contributed by atoms with Gasteiger partial charge in [-0.1, -0.05) is 11.6 Å². The lowest BCUT2D eigenvalue weighted by Crippen LogP contribution is -2.58. The fourth-order valence-electron chi connectivity index (χ4n) is 5.58. The molecule has 3 heterocycles. The molecule has 2 aliphatic heterocycles. The summed E-state index contributed by atoms with van der Waals surface area (Å²) in [6.45, 7) is 16.0. The Kier molecular flexibility index (Phi) is 6.83. The molecule has 30 heavy (non-hydrogen) atoms. The van der Waals surface area contributed by atoms with E-state index in [2.05, 4.69) is 65.6 Å². The van der Waals surface area contributed by atoms with Crippen molar-refractivity contribution >= 4 is 10.9 Å². The standard InChI is InChI=1S/C25H40N4O/c1-18(2)28-10-7-21(8-11-28)29-13-12-27(16-22(29)9-14-30)17-25-20(4)23-15-19(3)5-6-24(23)26-25/h5-6,15,18,21-22,26,30H,7-14,16-17H2,1-4H3/t22-/m0/s1. The van der Waals surface area contributed by atoms with Gasteiger partial charge in [0.05, 0.1) is 0 Å². The molecule has 2 saturated heterocycles. The van der Waals surface area contributed by atoms with Crippen LogP contribution >= 0.6 is 0 Å². The minimum atomic E-state index is 0.282. The molecular formula is C25H40N4O. The van der Waals surface area contributed by atoms with Crippen molar-refractivity contribution in [2.24, 2.45) is 0 Å². The lowest BCUT2D eigenvalue weighted by atomic mass is 9.97. The predicted octanol–water partition coefficient (Wildman–Crippen LogP) is 3.53. The predicted molar refractivity (Wildman–Crippen MR) is 125 cm³/mol. The molecule has 0 saturated carbocycles. The third-order valence-electron chi connectivity index (χ3n) is 7.47. The van der Waals surface area contributed by atoms with Gasteiger partial charge in [0.1, 0.15) is 0 Å². The number of aromatic nitrogens is 1. The Morgan fingerprint density at radius 2 is 1.87 bits per heavy atom. The van der Waals surface area contributed by atoms with Crippen molar-refractivity contribution in [3.8, 4) is 0 Å². The van der Waals surface area contributed by atoms with E-state index in [-0.39, 0.29) is 6.61 Å². The molecule has 5 heteroatoms. The number of piperazine rings is 1. The molecule has 0 bridgehead atoms. The molecule has 5 nitrogen and oxygen atoms in total. The van der Waals surface area contributed by atoms with Crippen LogP contribution in [0.1, 0.15) is 49.9 Å². The molecule has 166 valence electrons. The zero-order valence-corrected chi connectivity index (χ0v) is 19.3. The molecule has 2 aliphatic rings. The van der Waals surface area contributed by atoms with E-state index in [0.717, 1.165) is 32.6 Å². The maximum absolute atomic E-state index is 9.73. The number of fused-ring (bicyclic) bond motifs is 1. The molecule has 0 amide bonds. The van der Waals surface area contributed by atoms with Crippen LogP contribution in [0.5, 0.6) is 0 Å². The average molecular weight is 413 g/mol. The fraction of sp³-hybridized carbons (Fsp3) is 0.680. The molecule has 2 aromatic rings. The summed E-state index contributed by atoms with van der Waals surface area (Å²) in [5.74, 6) is 0. The Morgan fingerprint density at radius 1 is 1.10 bits per heavy atom. The van der Waals surface area contributed by atoms with Crippen LogP contribution in [0.25, 0.3) is 10.9 Å². The van der Waals surface area contributed by atoms with E-state index in [4.69, 9.17) is 0 Å². The molecule has 0 aliphatic carbocycles. The van der Waals surface area contributed by atoms with Gasteiger partial charge in [-0.3, -0.25) is 9.80 Å². The summed E-state index contributed by atoms with van der Waals surface area (Å²) >= 11 is 0. The van der Waals surface area contributed by atoms with E-state index < -0.39 is 0 Å². The largest absolute Gasteiger partial charge is 0.396 e. The van der Waals surface area contributed by atoms with Gasteiger partial charge < -0.3 is 15.0 Å². The molecule has 2 fully saturated rings. The first-order valence-electron chi connectivity index (χ1n) is 11.9. The number of rotatable bonds is 6. The van der Waals surface area contributed by atoms with Gasteiger partial charge in [0.15, 0.2) is 0 Å². The van der Waals surface area contributed by atoms with Gasteiger partial charge in [0, 0.05) is 67.5 Å². The Morgan fingerprint density at radius 3 is 2.57 bits per heavy atom. The Balaban J connectivity index is 1.41. The first-order valence-corrected chi connectivity index (χ1v) is 11.9. The highest BCUT2D eigenvalue weighted by Gasteiger charge is 2.34. The van der Waals surface area contributed by atoms with Crippen LogP contribution in [0, 0.1) is 13.8 Å². The average Bonchev–Trinajstić information content (AvgIpc) is 3.03. The Labute approximate surface area is 182 Å². The second kappa shape index (κ2) is 9.39. The van der Waals surface area contributed by atoms with Crippen LogP contribution in [0.15, 0.2) is 18.2 Å². The fourth-order valence-corrected chi connectivity index (χ4v) is 5.58. The molecule has 1 aromatic heterocycles. The van der Waals surface area contributed by atoms with E-state index in [1.54, 1.807) is 0 Å². The number of aliphatic hydroxyl groups is 1. The molecule has 4 rings (SSSR count). The van der Waals surface area contributed by atoms with Gasteiger partial charge in [0.25, 0.3) is 0 Å². The Hall–Kier alpha value is -1.40. The number of aromatic amines is 1. The van der Waals surface area contributed by atoms with Crippen LogP contribution in [0.3, 0.4) is 0 Å². The van der Waals surface area contributed by atoms with E-state index in [1.165, 1.54) is 53.7 Å². The quantitative estimate of drug-likeness (QED) is 0.762. The topological polar surface area (TPSA) is 45.7 Å². The number of likely N-dealkylation sites (tertiary alicyclic amines) is 1. The van der Waals surface area contributed by atoms with E-state index in [9.17, 15) is 5.11 Å². The summed E-state index contributed by atoms with van der Waals surface area (Å²) in [7, 11) is 0. The van der Waals surface area contributed by atoms with Gasteiger partial charge in [-0.15, -0.1) is 0 Å². The number of aliphatic hydroxyl groups excluding tert-OH is 1. The molecular weight excluding hydrogens is 372 g/mol. The van der Waals surface area contributed by atoms with Crippen LogP contribution in [-0.4, -0.2) is 82.2 Å². The first kappa shape index (κ1) is 21.8. The molecule has 1 atom stereocenters. The van der Waals surface area contributed by atoms with Crippen molar-refractivity contribution in [3.63, 3.8) is 0 Å². The molecule has 1 aromatic carbocycles. The van der Waals surface area contributed by atoms with E-state index in [1.807, 2.05) is 0 Å². The summed E-state index contributed by atoms with van der Waals surface area (Å²) in [4.78, 5) is 11.6. The second-order valence-corrected chi connectivity index (χ2v) is 9.78. The summed E-state index contributed by atoms with van der Waals surface area (Å²) < 4.78 is 0. The van der Waals surface area contributed by atoms with Crippen LogP contribution in [-0.2, 0) is 6.54 Å². The minimum absolute atomic E-state index is 0.282. The van der Waals surface area contributed by atoms with Gasteiger partial charge in [-0.05, 0) is 77.7 Å².